The Morgan fingerprint density at radius 2 is 1.68 bits per heavy atom. The molecule has 0 aliphatic carbocycles. The molecule has 1 aromatic rings. The van der Waals surface area contributed by atoms with Crippen LogP contribution in [-0.4, -0.2) is 60.1 Å². The van der Waals surface area contributed by atoms with Crippen molar-refractivity contribution in [1.82, 2.24) is 4.90 Å². The third-order valence-corrected chi connectivity index (χ3v) is 3.63. The van der Waals surface area contributed by atoms with Crippen molar-refractivity contribution in [3.63, 3.8) is 0 Å². The molecule has 0 unspecified atom stereocenters. The van der Waals surface area contributed by atoms with Gasteiger partial charge in [-0.15, -0.1) is 0 Å². The molecule has 12 nitrogen and oxygen atoms in total. The summed E-state index contributed by atoms with van der Waals surface area (Å²) in [4.78, 5) is 23.4. The number of halogens is 1. The van der Waals surface area contributed by atoms with Gasteiger partial charge in [-0.3, -0.25) is 9.89 Å². The van der Waals surface area contributed by atoms with Crippen LogP contribution < -0.4 is 10.4 Å². The van der Waals surface area contributed by atoms with Crippen molar-refractivity contribution in [3.8, 4) is 5.75 Å². The molecule has 1 aromatic carbocycles. The molecule has 1 aliphatic heterocycles. The molecule has 0 aromatic heterocycles. The standard InChI is InChI=1S/C14H20ClN3O.Cu.2NO3/c1-11(13-10-12(15)2-3-14(13)19)17-6-9-18-7-4-16-5-8-18;;2*2-1(3)4/h2-3,10,16,19H,4-9H2,1H3;;;/q;+2;2*-1. The van der Waals surface area contributed by atoms with Gasteiger partial charge in [-0.25, -0.2) is 0 Å². The third-order valence-electron chi connectivity index (χ3n) is 3.40. The molecule has 2 N–H and O–H groups in total. The summed E-state index contributed by atoms with van der Waals surface area (Å²) in [7, 11) is 0. The second-order valence-electron chi connectivity index (χ2n) is 5.26. The van der Waals surface area contributed by atoms with Gasteiger partial charge in [0.25, 0.3) is 0 Å². The molecular weight excluding hydrogens is 449 g/mol. The zero-order valence-electron chi connectivity index (χ0n) is 14.9. The van der Waals surface area contributed by atoms with Crippen LogP contribution in [0.1, 0.15) is 12.5 Å². The molecule has 1 heterocycles. The van der Waals surface area contributed by atoms with Crippen LogP contribution in [0, 0.1) is 30.6 Å². The van der Waals surface area contributed by atoms with Gasteiger partial charge < -0.3 is 41.1 Å². The van der Waals surface area contributed by atoms with Crippen molar-refractivity contribution in [1.29, 1.82) is 0 Å². The van der Waals surface area contributed by atoms with Crippen LogP contribution in [0.15, 0.2) is 23.2 Å². The number of hydrogen-bond donors (Lipinski definition) is 1. The SMILES string of the molecule is CC(=NCCN1CC[NH2+]CC1)c1cc(Cl)ccc1[O-].O=[N+]([O-])[O-].O=[N+]([O-])[O-].[Cu+2]. The summed E-state index contributed by atoms with van der Waals surface area (Å²) in [5.74, 6) is -0.0155. The predicted molar refractivity (Wildman–Crippen MR) is 96.8 cm³/mol. The minimum Gasteiger partial charge on any atom is -0.872 e. The maximum atomic E-state index is 11.7. The Labute approximate surface area is 176 Å². The van der Waals surface area contributed by atoms with Crippen LogP contribution in [0.2, 0.25) is 5.02 Å². The first kappa shape index (κ1) is 28.0. The zero-order chi connectivity index (χ0) is 20.8. The van der Waals surface area contributed by atoms with Gasteiger partial charge in [0, 0.05) is 30.4 Å². The van der Waals surface area contributed by atoms with Crippen LogP contribution in [0.25, 0.3) is 0 Å². The van der Waals surface area contributed by atoms with E-state index in [9.17, 15) is 5.11 Å². The van der Waals surface area contributed by atoms with Crippen molar-refractivity contribution >= 4 is 17.3 Å². The molecule has 0 amide bonds. The molecule has 0 spiro atoms. The van der Waals surface area contributed by atoms with Crippen LogP contribution in [0.4, 0.5) is 0 Å². The van der Waals surface area contributed by atoms with Crippen LogP contribution >= 0.6 is 11.6 Å². The molecule has 1 aliphatic rings. The molecule has 1 fully saturated rings. The van der Waals surface area contributed by atoms with E-state index in [1.807, 2.05) is 6.92 Å². The summed E-state index contributed by atoms with van der Waals surface area (Å²) < 4.78 is 0. The van der Waals surface area contributed by atoms with E-state index in [0.717, 1.165) is 31.9 Å². The normalized spacial score (nSPS) is 13.7. The van der Waals surface area contributed by atoms with Gasteiger partial charge in [0.05, 0.1) is 29.8 Å². The fraction of sp³-hybridized carbons (Fsp3) is 0.500. The number of benzene rings is 1. The fourth-order valence-corrected chi connectivity index (χ4v) is 2.43. The molecule has 0 saturated carbocycles. The summed E-state index contributed by atoms with van der Waals surface area (Å²) in [6.45, 7) is 8.15. The average Bonchev–Trinajstić information content (AvgIpc) is 2.57. The quantitative estimate of drug-likeness (QED) is 0.267. The monoisotopic (exact) mass is 468 g/mol. The molecule has 161 valence electrons. The minimum atomic E-state index is -1.75. The van der Waals surface area contributed by atoms with E-state index in [2.05, 4.69) is 15.2 Å². The molecule has 1 radical (unpaired) electrons. The Morgan fingerprint density at radius 1 is 1.18 bits per heavy atom. The van der Waals surface area contributed by atoms with Crippen molar-refractivity contribution in [2.45, 2.75) is 6.92 Å². The summed E-state index contributed by atoms with van der Waals surface area (Å²) in [5, 5.41) is 44.1. The number of aliphatic imine (C=N–C) groups is 1. The van der Waals surface area contributed by atoms with E-state index in [1.165, 1.54) is 19.2 Å². The number of piperazine rings is 1. The van der Waals surface area contributed by atoms with Gasteiger partial charge in [0.1, 0.15) is 0 Å². The number of rotatable bonds is 4. The van der Waals surface area contributed by atoms with E-state index in [4.69, 9.17) is 42.2 Å². The van der Waals surface area contributed by atoms with Crippen LogP contribution in [0.3, 0.4) is 0 Å². The van der Waals surface area contributed by atoms with Crippen molar-refractivity contribution in [3.05, 3.63) is 59.4 Å². The fourth-order valence-electron chi connectivity index (χ4n) is 2.26. The molecule has 0 atom stereocenters. The van der Waals surface area contributed by atoms with Gasteiger partial charge in [-0.1, -0.05) is 23.4 Å². The summed E-state index contributed by atoms with van der Waals surface area (Å²) >= 11 is 5.91. The van der Waals surface area contributed by atoms with Crippen LogP contribution in [-0.2, 0) is 17.1 Å². The first-order chi connectivity index (χ1) is 12.6. The first-order valence-electron chi connectivity index (χ1n) is 7.78. The molecule has 14 heteroatoms. The molecular formula is C14H20ClCuN5O7. The van der Waals surface area contributed by atoms with E-state index in [0.29, 0.717) is 10.6 Å². The Bertz CT molecular complexity index is 625. The van der Waals surface area contributed by atoms with Gasteiger partial charge in [-0.2, -0.15) is 0 Å². The number of hydrogen-bond acceptors (Lipinski definition) is 9. The molecule has 1 saturated heterocycles. The largest absolute Gasteiger partial charge is 2.00 e. The van der Waals surface area contributed by atoms with Gasteiger partial charge in [0.15, 0.2) is 0 Å². The summed E-state index contributed by atoms with van der Waals surface area (Å²) in [5.41, 5.74) is 1.38. The maximum absolute atomic E-state index is 11.7. The van der Waals surface area contributed by atoms with Crippen molar-refractivity contribution in [2.24, 2.45) is 4.99 Å². The smallest absolute Gasteiger partial charge is 0.872 e. The Hall–Kier alpha value is -2.18. The topological polar surface area (TPSA) is 188 Å². The number of nitrogens with zero attached hydrogens (tertiary/aromatic N) is 4. The summed E-state index contributed by atoms with van der Waals surface area (Å²) in [6.07, 6.45) is 0. The Balaban J connectivity index is 0. The van der Waals surface area contributed by atoms with Gasteiger partial charge in [0.2, 0.25) is 0 Å². The third kappa shape index (κ3) is 14.9. The molecule has 28 heavy (non-hydrogen) atoms. The Morgan fingerprint density at radius 3 is 2.18 bits per heavy atom. The number of nitrogens with two attached hydrogens (primary N) is 1. The zero-order valence-corrected chi connectivity index (χ0v) is 16.6. The first-order valence-corrected chi connectivity index (χ1v) is 8.16. The van der Waals surface area contributed by atoms with Gasteiger partial charge in [-0.05, 0) is 24.6 Å². The molecule has 2 rings (SSSR count). The number of quaternary nitrogens is 1. The maximum Gasteiger partial charge on any atom is 2.00 e. The van der Waals surface area contributed by atoms with Crippen molar-refractivity contribution < 1.29 is 37.7 Å². The van der Waals surface area contributed by atoms with Gasteiger partial charge >= 0.3 is 17.1 Å². The second kappa shape index (κ2) is 15.8. The van der Waals surface area contributed by atoms with Crippen molar-refractivity contribution in [2.75, 3.05) is 39.3 Å². The van der Waals surface area contributed by atoms with E-state index in [1.54, 1.807) is 12.1 Å². The van der Waals surface area contributed by atoms with Crippen LogP contribution in [0.5, 0.6) is 5.75 Å². The Kier molecular flexibility index (Phi) is 15.9. The average molecular weight is 469 g/mol. The van der Waals surface area contributed by atoms with E-state index < -0.39 is 10.2 Å². The predicted octanol–water partition coefficient (Wildman–Crippen LogP) is -0.379. The summed E-state index contributed by atoms with van der Waals surface area (Å²) in [6, 6.07) is 4.81. The minimum absolute atomic E-state index is 0. The van der Waals surface area contributed by atoms with E-state index >= 15 is 0 Å². The second-order valence-corrected chi connectivity index (χ2v) is 5.70. The van der Waals surface area contributed by atoms with E-state index in [-0.39, 0.29) is 22.8 Å². The molecule has 0 bridgehead atoms.